The van der Waals surface area contributed by atoms with E-state index < -0.39 is 29.6 Å². The monoisotopic (exact) mass is 425 g/mol. The fourth-order valence-corrected chi connectivity index (χ4v) is 2.96. The van der Waals surface area contributed by atoms with Gasteiger partial charge in [0.05, 0.1) is 7.11 Å². The third-order valence-corrected chi connectivity index (χ3v) is 4.53. The number of rotatable bonds is 8. The van der Waals surface area contributed by atoms with Gasteiger partial charge in [-0.2, -0.15) is 0 Å². The van der Waals surface area contributed by atoms with Crippen LogP contribution in [0.3, 0.4) is 0 Å². The van der Waals surface area contributed by atoms with Gasteiger partial charge in [-0.1, -0.05) is 42.5 Å². The van der Waals surface area contributed by atoms with Crippen molar-refractivity contribution in [1.82, 2.24) is 5.32 Å². The maximum atomic E-state index is 13.4. The van der Waals surface area contributed by atoms with Crippen molar-refractivity contribution in [2.24, 2.45) is 0 Å². The van der Waals surface area contributed by atoms with Gasteiger partial charge in [0.1, 0.15) is 30.0 Å². The number of nitrogens with one attached hydrogen (secondary N) is 1. The lowest BCUT2D eigenvalue weighted by molar-refractivity contribution is -0.142. The normalized spacial score (nSPS) is 11.5. The van der Waals surface area contributed by atoms with Gasteiger partial charge >= 0.3 is 5.97 Å². The fraction of sp³-hybridized carbons (Fsp3) is 0.167. The van der Waals surface area contributed by atoms with E-state index in [1.54, 1.807) is 24.3 Å². The summed E-state index contributed by atoms with van der Waals surface area (Å²) in [5.41, 5.74) is 1.55. The minimum atomic E-state index is -1.03. The van der Waals surface area contributed by atoms with Crippen molar-refractivity contribution in [3.8, 4) is 5.75 Å². The molecule has 0 aromatic heterocycles. The van der Waals surface area contributed by atoms with E-state index in [9.17, 15) is 18.4 Å². The van der Waals surface area contributed by atoms with Gasteiger partial charge in [-0.3, -0.25) is 4.79 Å². The molecular weight excluding hydrogens is 404 g/mol. The van der Waals surface area contributed by atoms with Crippen molar-refractivity contribution in [3.05, 3.63) is 101 Å². The molecule has 0 heterocycles. The van der Waals surface area contributed by atoms with Gasteiger partial charge in [-0.15, -0.1) is 0 Å². The second-order valence-electron chi connectivity index (χ2n) is 6.83. The zero-order chi connectivity index (χ0) is 22.2. The van der Waals surface area contributed by atoms with Crippen LogP contribution in [-0.2, 0) is 22.6 Å². The highest BCUT2D eigenvalue weighted by Crippen LogP contribution is 2.16. The Morgan fingerprint density at radius 3 is 2.16 bits per heavy atom. The Hall–Kier alpha value is -3.74. The van der Waals surface area contributed by atoms with Gasteiger partial charge in [0.2, 0.25) is 0 Å². The molecule has 1 N–H and O–H groups in total. The molecule has 31 heavy (non-hydrogen) atoms. The largest absolute Gasteiger partial charge is 0.489 e. The third kappa shape index (κ3) is 6.37. The Morgan fingerprint density at radius 2 is 1.55 bits per heavy atom. The maximum absolute atomic E-state index is 13.4. The molecule has 1 atom stereocenters. The zero-order valence-electron chi connectivity index (χ0n) is 16.8. The molecule has 5 nitrogen and oxygen atoms in total. The highest BCUT2D eigenvalue weighted by molar-refractivity contribution is 5.96. The van der Waals surface area contributed by atoms with Crippen LogP contribution in [0.5, 0.6) is 5.75 Å². The van der Waals surface area contributed by atoms with Crippen molar-refractivity contribution in [3.63, 3.8) is 0 Å². The summed E-state index contributed by atoms with van der Waals surface area (Å²) in [7, 11) is 1.20. The van der Waals surface area contributed by atoms with E-state index in [1.807, 2.05) is 30.3 Å². The first-order chi connectivity index (χ1) is 14.9. The SMILES string of the molecule is COC(=O)[C@H](Cc1ccc(OCc2ccccc2)cc1)NC(=O)c1cc(F)cc(F)c1. The number of halogens is 2. The van der Waals surface area contributed by atoms with Crippen molar-refractivity contribution < 1.29 is 27.8 Å². The van der Waals surface area contributed by atoms with Crippen molar-refractivity contribution in [2.75, 3.05) is 7.11 Å². The molecule has 0 saturated heterocycles. The summed E-state index contributed by atoms with van der Waals surface area (Å²) in [6.07, 6.45) is 0.134. The van der Waals surface area contributed by atoms with Gasteiger partial charge < -0.3 is 14.8 Å². The molecule has 0 aliphatic carbocycles. The predicted octanol–water partition coefficient (Wildman–Crippen LogP) is 4.06. The van der Waals surface area contributed by atoms with Crippen molar-refractivity contribution in [2.45, 2.75) is 19.1 Å². The highest BCUT2D eigenvalue weighted by atomic mass is 19.1. The second-order valence-corrected chi connectivity index (χ2v) is 6.83. The van der Waals surface area contributed by atoms with E-state index in [1.165, 1.54) is 7.11 Å². The molecule has 1 amide bonds. The molecule has 0 fully saturated rings. The molecule has 3 aromatic rings. The summed E-state index contributed by atoms with van der Waals surface area (Å²) in [6.45, 7) is 0.422. The van der Waals surface area contributed by atoms with Crippen molar-refractivity contribution >= 4 is 11.9 Å². The van der Waals surface area contributed by atoms with E-state index in [4.69, 9.17) is 9.47 Å². The molecule has 3 aromatic carbocycles. The van der Waals surface area contributed by atoms with E-state index >= 15 is 0 Å². The lowest BCUT2D eigenvalue weighted by Gasteiger charge is -2.17. The van der Waals surface area contributed by atoms with Gasteiger partial charge in [0.25, 0.3) is 5.91 Å². The first-order valence-electron chi connectivity index (χ1n) is 9.55. The minimum Gasteiger partial charge on any atom is -0.489 e. The fourth-order valence-electron chi connectivity index (χ4n) is 2.96. The Bertz CT molecular complexity index is 1020. The summed E-state index contributed by atoms with van der Waals surface area (Å²) in [5, 5.41) is 2.47. The molecule has 0 radical (unpaired) electrons. The molecule has 0 bridgehead atoms. The Balaban J connectivity index is 1.65. The standard InChI is InChI=1S/C24H21F2NO4/c1-30-24(29)22(27-23(28)18-12-19(25)14-20(26)13-18)11-16-7-9-21(10-8-16)31-15-17-5-3-2-4-6-17/h2-10,12-14,22H,11,15H2,1H3,(H,27,28)/t22-/m0/s1. The molecule has 0 unspecified atom stereocenters. The van der Waals surface area contributed by atoms with Crippen molar-refractivity contribution in [1.29, 1.82) is 0 Å². The highest BCUT2D eigenvalue weighted by Gasteiger charge is 2.23. The third-order valence-electron chi connectivity index (χ3n) is 4.53. The van der Waals surface area contributed by atoms with Crippen LogP contribution >= 0.6 is 0 Å². The first-order valence-corrected chi connectivity index (χ1v) is 9.55. The zero-order valence-corrected chi connectivity index (χ0v) is 16.8. The molecule has 0 aliphatic rings. The molecule has 160 valence electrons. The quantitative estimate of drug-likeness (QED) is 0.553. The molecule has 0 spiro atoms. The Kier molecular flexibility index (Phi) is 7.32. The van der Waals surface area contributed by atoms with Gasteiger partial charge in [-0.05, 0) is 35.4 Å². The van der Waals surface area contributed by atoms with Crippen LogP contribution in [0.4, 0.5) is 8.78 Å². The van der Waals surface area contributed by atoms with E-state index in [0.29, 0.717) is 18.4 Å². The Labute approximate surface area is 178 Å². The number of esters is 1. The first kappa shape index (κ1) is 22.0. The van der Waals surface area contributed by atoms with Crippen LogP contribution in [0, 0.1) is 11.6 Å². The van der Waals surface area contributed by atoms with Gasteiger partial charge in [-0.25, -0.2) is 13.6 Å². The lowest BCUT2D eigenvalue weighted by atomic mass is 10.0. The minimum absolute atomic E-state index is 0.134. The summed E-state index contributed by atoms with van der Waals surface area (Å²) in [6, 6.07) is 18.2. The van der Waals surface area contributed by atoms with Crippen LogP contribution < -0.4 is 10.1 Å². The molecule has 0 aliphatic heterocycles. The van der Waals surface area contributed by atoms with E-state index in [0.717, 1.165) is 23.3 Å². The smallest absolute Gasteiger partial charge is 0.328 e. The maximum Gasteiger partial charge on any atom is 0.328 e. The molecular formula is C24H21F2NO4. The number of ether oxygens (including phenoxy) is 2. The Morgan fingerprint density at radius 1 is 0.903 bits per heavy atom. The number of benzene rings is 3. The number of carbonyl (C=O) groups excluding carboxylic acids is 2. The topological polar surface area (TPSA) is 64.6 Å². The second kappa shape index (κ2) is 10.3. The number of methoxy groups -OCH3 is 1. The average molecular weight is 425 g/mol. The van der Waals surface area contributed by atoms with Crippen LogP contribution in [0.2, 0.25) is 0 Å². The molecule has 7 heteroatoms. The number of carbonyl (C=O) groups is 2. The average Bonchev–Trinajstić information content (AvgIpc) is 2.77. The van der Waals surface area contributed by atoms with E-state index in [2.05, 4.69) is 5.32 Å². The summed E-state index contributed by atoms with van der Waals surface area (Å²) in [5.74, 6) is -2.57. The summed E-state index contributed by atoms with van der Waals surface area (Å²) in [4.78, 5) is 24.5. The van der Waals surface area contributed by atoms with Crippen LogP contribution in [0.25, 0.3) is 0 Å². The summed E-state index contributed by atoms with van der Waals surface area (Å²) >= 11 is 0. The van der Waals surface area contributed by atoms with E-state index in [-0.39, 0.29) is 12.0 Å². The van der Waals surface area contributed by atoms with Crippen LogP contribution in [-0.4, -0.2) is 25.0 Å². The van der Waals surface area contributed by atoms with Crippen LogP contribution in [0.1, 0.15) is 21.5 Å². The van der Waals surface area contributed by atoms with Crippen LogP contribution in [0.15, 0.2) is 72.8 Å². The van der Waals surface area contributed by atoms with Gasteiger partial charge in [0.15, 0.2) is 0 Å². The van der Waals surface area contributed by atoms with Gasteiger partial charge in [0, 0.05) is 18.1 Å². The molecule has 0 saturated carbocycles. The predicted molar refractivity (Wildman–Crippen MR) is 111 cm³/mol. The number of hydrogen-bond acceptors (Lipinski definition) is 4. The number of amides is 1. The number of hydrogen-bond donors (Lipinski definition) is 1. The summed E-state index contributed by atoms with van der Waals surface area (Å²) < 4.78 is 37.3. The molecule has 3 rings (SSSR count). The lowest BCUT2D eigenvalue weighted by Crippen LogP contribution is -2.43.